The summed E-state index contributed by atoms with van der Waals surface area (Å²) < 4.78 is 5.51. The van der Waals surface area contributed by atoms with Crippen LogP contribution in [-0.2, 0) is 9.53 Å². The molecule has 0 unspecified atom stereocenters. The molecule has 0 bridgehead atoms. The minimum absolute atomic E-state index is 0.0144. The van der Waals surface area contributed by atoms with Gasteiger partial charge in [0.15, 0.2) is 0 Å². The number of piperidine rings is 1. The van der Waals surface area contributed by atoms with Crippen molar-refractivity contribution in [2.75, 3.05) is 19.7 Å². The normalized spacial score (nSPS) is 23.5. The summed E-state index contributed by atoms with van der Waals surface area (Å²) in [5, 5.41) is 9.88. The van der Waals surface area contributed by atoms with Gasteiger partial charge in [-0.2, -0.15) is 5.10 Å². The molecule has 4 rings (SSSR count). The van der Waals surface area contributed by atoms with Crippen LogP contribution in [0.3, 0.4) is 0 Å². The van der Waals surface area contributed by atoms with Gasteiger partial charge < -0.3 is 15.0 Å². The number of aromatic nitrogens is 3. The second-order valence-corrected chi connectivity index (χ2v) is 5.97. The standard InChI is InChI=1S/C16H17N5O3/c22-15-9-24-14-3-5-21(8-13(14)18-15)16(23)12-6-11(19-20-12)10-2-1-4-17-7-10/h1-2,4,6-7,13-14H,3,5,8-9H2,(H,18,22)(H,19,20)/t13-,14+/m0/s1. The molecule has 0 radical (unpaired) electrons. The molecule has 2 atom stereocenters. The van der Waals surface area contributed by atoms with Gasteiger partial charge in [0.25, 0.3) is 5.91 Å². The summed E-state index contributed by atoms with van der Waals surface area (Å²) in [6, 6.07) is 5.28. The number of hydrogen-bond acceptors (Lipinski definition) is 5. The predicted molar refractivity (Wildman–Crippen MR) is 84.0 cm³/mol. The van der Waals surface area contributed by atoms with Crippen molar-refractivity contribution >= 4 is 11.8 Å². The maximum absolute atomic E-state index is 12.7. The molecule has 8 nitrogen and oxygen atoms in total. The predicted octanol–water partition coefficient (Wildman–Crippen LogP) is 0.201. The van der Waals surface area contributed by atoms with E-state index in [-0.39, 0.29) is 30.6 Å². The second-order valence-electron chi connectivity index (χ2n) is 5.97. The number of pyridine rings is 1. The van der Waals surface area contributed by atoms with E-state index >= 15 is 0 Å². The van der Waals surface area contributed by atoms with Gasteiger partial charge in [0.05, 0.1) is 17.8 Å². The highest BCUT2D eigenvalue weighted by atomic mass is 16.5. The third-order valence-corrected chi connectivity index (χ3v) is 4.38. The Balaban J connectivity index is 1.48. The molecule has 4 heterocycles. The van der Waals surface area contributed by atoms with Crippen LogP contribution in [-0.4, -0.2) is 63.7 Å². The highest BCUT2D eigenvalue weighted by Gasteiger charge is 2.36. The number of amides is 2. The number of hydrogen-bond donors (Lipinski definition) is 2. The summed E-state index contributed by atoms with van der Waals surface area (Å²) in [5.41, 5.74) is 1.95. The Morgan fingerprint density at radius 3 is 3.17 bits per heavy atom. The van der Waals surface area contributed by atoms with Crippen molar-refractivity contribution < 1.29 is 14.3 Å². The molecule has 2 aliphatic heterocycles. The van der Waals surface area contributed by atoms with Crippen LogP contribution >= 0.6 is 0 Å². The van der Waals surface area contributed by atoms with Crippen LogP contribution in [0.1, 0.15) is 16.9 Å². The Morgan fingerprint density at radius 1 is 1.42 bits per heavy atom. The number of carbonyl (C=O) groups is 2. The van der Waals surface area contributed by atoms with Crippen molar-refractivity contribution in [2.24, 2.45) is 0 Å². The molecule has 2 aliphatic rings. The fraction of sp³-hybridized carbons (Fsp3) is 0.375. The zero-order valence-corrected chi connectivity index (χ0v) is 12.9. The number of carbonyl (C=O) groups excluding carboxylic acids is 2. The van der Waals surface area contributed by atoms with E-state index in [0.717, 1.165) is 5.56 Å². The van der Waals surface area contributed by atoms with E-state index in [2.05, 4.69) is 20.5 Å². The Hall–Kier alpha value is -2.74. The number of rotatable bonds is 2. The molecule has 2 saturated heterocycles. The average molecular weight is 327 g/mol. The first-order chi connectivity index (χ1) is 11.7. The van der Waals surface area contributed by atoms with Crippen molar-refractivity contribution in [1.82, 2.24) is 25.4 Å². The molecule has 2 fully saturated rings. The lowest BCUT2D eigenvalue weighted by Crippen LogP contribution is -2.61. The minimum atomic E-state index is -0.148. The van der Waals surface area contributed by atoms with Gasteiger partial charge in [-0.25, -0.2) is 0 Å². The molecular formula is C16H17N5O3. The van der Waals surface area contributed by atoms with Gasteiger partial charge in [-0.05, 0) is 24.6 Å². The monoisotopic (exact) mass is 327 g/mol. The van der Waals surface area contributed by atoms with E-state index in [0.29, 0.717) is 30.9 Å². The Morgan fingerprint density at radius 2 is 2.33 bits per heavy atom. The summed E-state index contributed by atoms with van der Waals surface area (Å²) in [6.07, 6.45) is 4.08. The Bertz CT molecular complexity index is 760. The molecule has 0 spiro atoms. The van der Waals surface area contributed by atoms with Crippen LogP contribution in [0.2, 0.25) is 0 Å². The number of nitrogens with zero attached hydrogens (tertiary/aromatic N) is 3. The van der Waals surface area contributed by atoms with Crippen molar-refractivity contribution in [3.63, 3.8) is 0 Å². The third kappa shape index (κ3) is 2.76. The number of morpholine rings is 1. The lowest BCUT2D eigenvalue weighted by molar-refractivity contribution is -0.139. The van der Waals surface area contributed by atoms with E-state index in [1.807, 2.05) is 12.1 Å². The molecular weight excluding hydrogens is 310 g/mol. The first-order valence-corrected chi connectivity index (χ1v) is 7.87. The van der Waals surface area contributed by atoms with Gasteiger partial charge in [0, 0.05) is 31.0 Å². The molecule has 2 aromatic heterocycles. The summed E-state index contributed by atoms with van der Waals surface area (Å²) in [7, 11) is 0. The third-order valence-electron chi connectivity index (χ3n) is 4.38. The van der Waals surface area contributed by atoms with E-state index in [4.69, 9.17) is 4.74 Å². The van der Waals surface area contributed by atoms with Crippen molar-refractivity contribution in [3.05, 3.63) is 36.3 Å². The van der Waals surface area contributed by atoms with Gasteiger partial charge in [-0.1, -0.05) is 0 Å². The van der Waals surface area contributed by atoms with Crippen LogP contribution < -0.4 is 5.32 Å². The maximum Gasteiger partial charge on any atom is 0.271 e. The highest BCUT2D eigenvalue weighted by Crippen LogP contribution is 2.21. The molecule has 2 N–H and O–H groups in total. The smallest absolute Gasteiger partial charge is 0.271 e. The average Bonchev–Trinajstić information content (AvgIpc) is 3.11. The molecule has 2 aromatic rings. The fourth-order valence-corrected chi connectivity index (χ4v) is 3.15. The summed E-state index contributed by atoms with van der Waals surface area (Å²) in [5.74, 6) is -0.262. The van der Waals surface area contributed by atoms with Crippen LogP contribution in [0.4, 0.5) is 0 Å². The quantitative estimate of drug-likeness (QED) is 0.821. The zero-order chi connectivity index (χ0) is 16.5. The van der Waals surface area contributed by atoms with Crippen LogP contribution in [0.25, 0.3) is 11.3 Å². The van der Waals surface area contributed by atoms with Crippen molar-refractivity contribution in [2.45, 2.75) is 18.6 Å². The molecule has 0 aliphatic carbocycles. The lowest BCUT2D eigenvalue weighted by atomic mass is 10.00. The number of ether oxygens (including phenoxy) is 1. The lowest BCUT2D eigenvalue weighted by Gasteiger charge is -2.40. The highest BCUT2D eigenvalue weighted by molar-refractivity contribution is 5.93. The Kier molecular flexibility index (Phi) is 3.73. The number of aromatic amines is 1. The number of H-pyrrole nitrogens is 1. The van der Waals surface area contributed by atoms with Crippen LogP contribution in [0, 0.1) is 0 Å². The van der Waals surface area contributed by atoms with Crippen LogP contribution in [0.15, 0.2) is 30.6 Å². The fourth-order valence-electron chi connectivity index (χ4n) is 3.15. The second kappa shape index (κ2) is 6.04. The van der Waals surface area contributed by atoms with Gasteiger partial charge in [0.2, 0.25) is 5.91 Å². The largest absolute Gasteiger partial charge is 0.366 e. The number of likely N-dealkylation sites (tertiary alicyclic amines) is 1. The summed E-state index contributed by atoms with van der Waals surface area (Å²) in [4.78, 5) is 29.9. The number of fused-ring (bicyclic) bond motifs is 1. The first kappa shape index (κ1) is 14.8. The van der Waals surface area contributed by atoms with Gasteiger partial charge in [-0.3, -0.25) is 19.7 Å². The summed E-state index contributed by atoms with van der Waals surface area (Å²) >= 11 is 0. The van der Waals surface area contributed by atoms with Gasteiger partial charge in [-0.15, -0.1) is 0 Å². The first-order valence-electron chi connectivity index (χ1n) is 7.87. The molecule has 24 heavy (non-hydrogen) atoms. The molecule has 8 heteroatoms. The van der Waals surface area contributed by atoms with Gasteiger partial charge >= 0.3 is 0 Å². The minimum Gasteiger partial charge on any atom is -0.366 e. The van der Waals surface area contributed by atoms with E-state index in [1.165, 1.54) is 0 Å². The Labute approximate surface area is 138 Å². The van der Waals surface area contributed by atoms with E-state index in [9.17, 15) is 9.59 Å². The molecule has 0 saturated carbocycles. The molecule has 124 valence electrons. The topological polar surface area (TPSA) is 100 Å². The van der Waals surface area contributed by atoms with E-state index in [1.54, 1.807) is 23.4 Å². The van der Waals surface area contributed by atoms with Crippen molar-refractivity contribution in [3.8, 4) is 11.3 Å². The molecule has 0 aromatic carbocycles. The van der Waals surface area contributed by atoms with Crippen LogP contribution in [0.5, 0.6) is 0 Å². The van der Waals surface area contributed by atoms with E-state index < -0.39 is 0 Å². The molecule has 2 amide bonds. The summed E-state index contributed by atoms with van der Waals surface area (Å²) in [6.45, 7) is 1.14. The number of nitrogens with one attached hydrogen (secondary N) is 2. The SMILES string of the molecule is O=C1CO[C@@H]2CCN(C(=O)c3cc(-c4cccnc4)n[nH]3)C[C@@H]2N1. The van der Waals surface area contributed by atoms with Gasteiger partial charge in [0.1, 0.15) is 12.3 Å². The zero-order valence-electron chi connectivity index (χ0n) is 12.9. The maximum atomic E-state index is 12.7. The van der Waals surface area contributed by atoms with Crippen molar-refractivity contribution in [1.29, 1.82) is 0 Å².